The first-order valence-corrected chi connectivity index (χ1v) is 5.44. The predicted octanol–water partition coefficient (Wildman–Crippen LogP) is 2.54. The van der Waals surface area contributed by atoms with Crippen LogP contribution < -0.4 is 5.32 Å². The molecule has 17 heavy (non-hydrogen) atoms. The maximum atomic E-state index is 9.70. The van der Waals surface area contributed by atoms with E-state index in [2.05, 4.69) is 5.32 Å². The zero-order valence-corrected chi connectivity index (χ0v) is 9.55. The van der Waals surface area contributed by atoms with Gasteiger partial charge in [0.15, 0.2) is 0 Å². The fourth-order valence-corrected chi connectivity index (χ4v) is 1.68. The van der Waals surface area contributed by atoms with Crippen molar-refractivity contribution in [3.05, 3.63) is 47.9 Å². The van der Waals surface area contributed by atoms with Crippen LogP contribution in [0.1, 0.15) is 24.3 Å². The molecule has 0 aliphatic heterocycles. The molecule has 1 atom stereocenters. The normalized spacial score (nSPS) is 12.5. The lowest BCUT2D eigenvalue weighted by molar-refractivity contribution is 0.426. The van der Waals surface area contributed by atoms with Crippen LogP contribution in [0, 0.1) is 0 Å². The Kier molecular flexibility index (Phi) is 3.35. The van der Waals surface area contributed by atoms with Gasteiger partial charge in [0.25, 0.3) is 0 Å². The molecule has 0 spiro atoms. The third-order valence-corrected chi connectivity index (χ3v) is 2.64. The molecule has 3 N–H and O–H groups in total. The molecule has 0 aliphatic carbocycles. The first-order valence-electron chi connectivity index (χ1n) is 5.44. The number of furan rings is 1. The molecule has 0 bridgehead atoms. The highest BCUT2D eigenvalue weighted by molar-refractivity contribution is 5.40. The first-order chi connectivity index (χ1) is 8.16. The Morgan fingerprint density at radius 1 is 1.29 bits per heavy atom. The van der Waals surface area contributed by atoms with Crippen LogP contribution in [0.15, 0.2) is 41.0 Å². The van der Waals surface area contributed by atoms with E-state index in [0.29, 0.717) is 6.54 Å². The van der Waals surface area contributed by atoms with E-state index in [4.69, 9.17) is 4.42 Å². The van der Waals surface area contributed by atoms with Crippen molar-refractivity contribution >= 4 is 0 Å². The molecule has 0 aliphatic rings. The van der Waals surface area contributed by atoms with Crippen LogP contribution >= 0.6 is 0 Å². The number of benzene rings is 1. The Labute approximate surface area is 99.5 Å². The lowest BCUT2D eigenvalue weighted by Gasteiger charge is -2.14. The summed E-state index contributed by atoms with van der Waals surface area (Å²) >= 11 is 0. The minimum Gasteiger partial charge on any atom is -0.508 e. The van der Waals surface area contributed by atoms with Crippen LogP contribution in [0.25, 0.3) is 0 Å². The van der Waals surface area contributed by atoms with Crippen LogP contribution in [0.5, 0.6) is 11.5 Å². The summed E-state index contributed by atoms with van der Waals surface area (Å²) in [5.41, 5.74) is 0.745. The van der Waals surface area contributed by atoms with Crippen LogP contribution in [-0.2, 0) is 6.54 Å². The van der Waals surface area contributed by atoms with Gasteiger partial charge in [0.1, 0.15) is 17.3 Å². The molecule has 1 aromatic carbocycles. The molecule has 4 heteroatoms. The molecule has 0 radical (unpaired) electrons. The minimum atomic E-state index is -0.0271. The quantitative estimate of drug-likeness (QED) is 0.759. The van der Waals surface area contributed by atoms with Crippen LogP contribution in [-0.4, -0.2) is 10.2 Å². The van der Waals surface area contributed by atoms with Crippen LogP contribution in [0.2, 0.25) is 0 Å². The molecule has 0 saturated carbocycles. The van der Waals surface area contributed by atoms with Crippen molar-refractivity contribution in [2.45, 2.75) is 19.5 Å². The fraction of sp³-hybridized carbons (Fsp3) is 0.231. The molecule has 1 heterocycles. The van der Waals surface area contributed by atoms with E-state index in [1.165, 1.54) is 6.07 Å². The third-order valence-electron chi connectivity index (χ3n) is 2.64. The van der Waals surface area contributed by atoms with Gasteiger partial charge in [-0.25, -0.2) is 0 Å². The van der Waals surface area contributed by atoms with Gasteiger partial charge in [0.2, 0.25) is 0 Å². The highest BCUT2D eigenvalue weighted by Gasteiger charge is 2.10. The second kappa shape index (κ2) is 4.93. The monoisotopic (exact) mass is 233 g/mol. The lowest BCUT2D eigenvalue weighted by atomic mass is 10.1. The van der Waals surface area contributed by atoms with Crippen molar-refractivity contribution in [1.82, 2.24) is 5.32 Å². The van der Waals surface area contributed by atoms with Gasteiger partial charge in [-0.2, -0.15) is 0 Å². The Balaban J connectivity index is 2.01. The topological polar surface area (TPSA) is 65.6 Å². The molecule has 4 nitrogen and oxygen atoms in total. The van der Waals surface area contributed by atoms with Gasteiger partial charge < -0.3 is 19.9 Å². The fourth-order valence-electron chi connectivity index (χ4n) is 1.68. The molecule has 2 rings (SSSR count). The second-order valence-corrected chi connectivity index (χ2v) is 3.93. The summed E-state index contributed by atoms with van der Waals surface area (Å²) in [6.45, 7) is 2.53. The van der Waals surface area contributed by atoms with Crippen LogP contribution in [0.4, 0.5) is 0 Å². The molecule has 1 unspecified atom stereocenters. The van der Waals surface area contributed by atoms with Crippen molar-refractivity contribution in [1.29, 1.82) is 0 Å². The Bertz CT molecular complexity index is 479. The molecular weight excluding hydrogens is 218 g/mol. The van der Waals surface area contributed by atoms with E-state index < -0.39 is 0 Å². The van der Waals surface area contributed by atoms with Gasteiger partial charge >= 0.3 is 0 Å². The van der Waals surface area contributed by atoms with Crippen molar-refractivity contribution < 1.29 is 14.6 Å². The smallest absolute Gasteiger partial charge is 0.124 e. The van der Waals surface area contributed by atoms with Crippen molar-refractivity contribution in [3.63, 3.8) is 0 Å². The molecule has 0 fully saturated rings. The van der Waals surface area contributed by atoms with Crippen LogP contribution in [0.3, 0.4) is 0 Å². The summed E-state index contributed by atoms with van der Waals surface area (Å²) in [4.78, 5) is 0. The Morgan fingerprint density at radius 2 is 2.12 bits per heavy atom. The Hall–Kier alpha value is -1.94. The number of phenolic OH excluding ortho intramolecular Hbond substituents is 2. The van der Waals surface area contributed by atoms with Gasteiger partial charge in [-0.3, -0.25) is 0 Å². The number of nitrogens with one attached hydrogen (secondary N) is 1. The van der Waals surface area contributed by atoms with Gasteiger partial charge in [-0.15, -0.1) is 0 Å². The number of hydrogen-bond acceptors (Lipinski definition) is 4. The number of hydrogen-bond donors (Lipinski definition) is 3. The number of phenols is 2. The summed E-state index contributed by atoms with van der Waals surface area (Å²) in [7, 11) is 0. The summed E-state index contributed by atoms with van der Waals surface area (Å²) in [6, 6.07) is 8.28. The van der Waals surface area contributed by atoms with E-state index in [1.807, 2.05) is 19.1 Å². The van der Waals surface area contributed by atoms with Crippen molar-refractivity contribution in [3.8, 4) is 11.5 Å². The van der Waals surface area contributed by atoms with Gasteiger partial charge in [0, 0.05) is 17.7 Å². The maximum Gasteiger partial charge on any atom is 0.124 e. The van der Waals surface area contributed by atoms with Gasteiger partial charge in [-0.05, 0) is 25.1 Å². The highest BCUT2D eigenvalue weighted by Crippen LogP contribution is 2.27. The molecule has 2 aromatic rings. The zero-order chi connectivity index (χ0) is 12.3. The average Bonchev–Trinajstić information content (AvgIpc) is 2.78. The zero-order valence-electron chi connectivity index (χ0n) is 9.55. The summed E-state index contributed by atoms with van der Waals surface area (Å²) < 4.78 is 5.20. The van der Waals surface area contributed by atoms with Crippen molar-refractivity contribution in [2.75, 3.05) is 0 Å². The van der Waals surface area contributed by atoms with Gasteiger partial charge in [0.05, 0.1) is 12.8 Å². The summed E-state index contributed by atoms with van der Waals surface area (Å²) in [6.07, 6.45) is 1.62. The van der Waals surface area contributed by atoms with Crippen molar-refractivity contribution in [2.24, 2.45) is 0 Å². The molecular formula is C13H15NO3. The number of aromatic hydroxyl groups is 2. The van der Waals surface area contributed by atoms with E-state index in [1.54, 1.807) is 18.4 Å². The average molecular weight is 233 g/mol. The number of rotatable bonds is 4. The van der Waals surface area contributed by atoms with E-state index >= 15 is 0 Å². The molecule has 1 aromatic heterocycles. The Morgan fingerprint density at radius 3 is 2.76 bits per heavy atom. The SMILES string of the molecule is CC(NCc1ccco1)c1ccc(O)cc1O. The van der Waals surface area contributed by atoms with Gasteiger partial charge in [-0.1, -0.05) is 6.07 Å². The van der Waals surface area contributed by atoms with E-state index in [9.17, 15) is 10.2 Å². The molecule has 90 valence electrons. The van der Waals surface area contributed by atoms with E-state index in [-0.39, 0.29) is 17.5 Å². The highest BCUT2D eigenvalue weighted by atomic mass is 16.3. The maximum absolute atomic E-state index is 9.70. The standard InChI is InChI=1S/C13H15NO3/c1-9(14-8-11-3-2-6-17-11)12-5-4-10(15)7-13(12)16/h2-7,9,14-16H,8H2,1H3. The predicted molar refractivity (Wildman–Crippen MR) is 63.7 cm³/mol. The second-order valence-electron chi connectivity index (χ2n) is 3.93. The van der Waals surface area contributed by atoms with E-state index in [0.717, 1.165) is 11.3 Å². The third kappa shape index (κ3) is 2.79. The first kappa shape index (κ1) is 11.5. The summed E-state index contributed by atoms with van der Waals surface area (Å²) in [5.74, 6) is 0.990. The summed E-state index contributed by atoms with van der Waals surface area (Å²) in [5, 5.41) is 22.1. The lowest BCUT2D eigenvalue weighted by Crippen LogP contribution is -2.17. The largest absolute Gasteiger partial charge is 0.508 e. The molecule has 0 saturated heterocycles. The minimum absolute atomic E-state index is 0.0271. The molecule has 0 amide bonds.